The van der Waals surface area contributed by atoms with E-state index in [4.69, 9.17) is 0 Å². The van der Waals surface area contributed by atoms with Crippen molar-refractivity contribution >= 4 is 11.6 Å². The van der Waals surface area contributed by atoms with Crippen LogP contribution in [-0.2, 0) is 9.59 Å². The van der Waals surface area contributed by atoms with Gasteiger partial charge in [0.25, 0.3) is 0 Å². The Morgan fingerprint density at radius 1 is 1.06 bits per heavy atom. The average molecular weight is 230 g/mol. The molecule has 0 aliphatic heterocycles. The second-order valence-electron chi connectivity index (χ2n) is 4.82. The predicted octanol–water partition coefficient (Wildman–Crippen LogP) is 1.08. The van der Waals surface area contributed by atoms with Crippen LogP contribution in [0.3, 0.4) is 0 Å². The van der Waals surface area contributed by atoms with Gasteiger partial charge in [0.05, 0.1) is 12.2 Å². The molecular weight excluding hydrogens is 208 g/mol. The summed E-state index contributed by atoms with van der Waals surface area (Å²) in [5, 5.41) is 18.8. The highest BCUT2D eigenvalue weighted by Gasteiger charge is 2.38. The fraction of sp³-hybridized carbons (Fsp3) is 0.833. The van der Waals surface area contributed by atoms with Crippen molar-refractivity contribution in [3.8, 4) is 0 Å². The van der Waals surface area contributed by atoms with E-state index in [1.807, 2.05) is 0 Å². The Bertz CT molecular complexity index is 246. The minimum absolute atomic E-state index is 0.0815. The molecule has 0 bridgehead atoms. The highest BCUT2D eigenvalue weighted by molar-refractivity contribution is 5.88. The second-order valence-corrected chi connectivity index (χ2v) is 4.82. The molecule has 0 saturated heterocycles. The van der Waals surface area contributed by atoms with Crippen molar-refractivity contribution in [1.82, 2.24) is 0 Å². The molecule has 0 aliphatic carbocycles. The van der Waals surface area contributed by atoms with Gasteiger partial charge in [0.2, 0.25) is 0 Å². The summed E-state index contributed by atoms with van der Waals surface area (Å²) in [6.45, 7) is 6.00. The lowest BCUT2D eigenvalue weighted by Gasteiger charge is -2.32. The van der Waals surface area contributed by atoms with Crippen LogP contribution in [0, 0.1) is 5.41 Å². The zero-order valence-corrected chi connectivity index (χ0v) is 10.5. The Labute approximate surface area is 96.7 Å². The van der Waals surface area contributed by atoms with Crippen molar-refractivity contribution in [3.63, 3.8) is 0 Å². The maximum Gasteiger partial charge on any atom is 0.136 e. The molecule has 16 heavy (non-hydrogen) atoms. The average Bonchev–Trinajstić information content (AvgIpc) is 1.98. The first-order chi connectivity index (χ1) is 7.19. The Balaban J connectivity index is 5.03. The van der Waals surface area contributed by atoms with Gasteiger partial charge in [-0.1, -0.05) is 0 Å². The number of carbonyl (C=O) groups is 2. The summed E-state index contributed by atoms with van der Waals surface area (Å²) in [6, 6.07) is 0. The fourth-order valence-corrected chi connectivity index (χ4v) is 2.25. The van der Waals surface area contributed by atoms with Gasteiger partial charge in [0, 0.05) is 11.8 Å². The number of carbonyl (C=O) groups excluding carboxylic acids is 2. The van der Waals surface area contributed by atoms with Crippen LogP contribution >= 0.6 is 0 Å². The third-order valence-electron chi connectivity index (χ3n) is 2.71. The number of aliphatic hydroxyl groups excluding tert-OH is 2. The molecular formula is C12H22O4. The summed E-state index contributed by atoms with van der Waals surface area (Å²) in [6.07, 6.45) is -0.818. The molecule has 2 atom stereocenters. The monoisotopic (exact) mass is 230 g/mol. The molecule has 2 N–H and O–H groups in total. The molecule has 0 aromatic carbocycles. The zero-order chi connectivity index (χ0) is 12.9. The SMILES string of the molecule is CC(=O)CC(CC(C)O)(CC(C)O)C(C)=O. The first kappa shape index (κ1) is 15.3. The van der Waals surface area contributed by atoms with E-state index in [0.29, 0.717) is 0 Å². The van der Waals surface area contributed by atoms with Gasteiger partial charge in [0.15, 0.2) is 0 Å². The standard InChI is InChI=1S/C12H22O4/c1-8(13)5-12(11(4)16,6-9(2)14)7-10(3)15/h8-9,13-14H,5-7H2,1-4H3. The molecule has 0 amide bonds. The minimum atomic E-state index is -0.922. The summed E-state index contributed by atoms with van der Waals surface area (Å²) in [4.78, 5) is 22.9. The van der Waals surface area contributed by atoms with Crippen molar-refractivity contribution < 1.29 is 19.8 Å². The van der Waals surface area contributed by atoms with E-state index in [9.17, 15) is 19.8 Å². The third kappa shape index (κ3) is 4.86. The maximum absolute atomic E-state index is 11.7. The number of hydrogen-bond donors (Lipinski definition) is 2. The van der Waals surface area contributed by atoms with E-state index in [1.54, 1.807) is 13.8 Å². The van der Waals surface area contributed by atoms with Gasteiger partial charge in [-0.3, -0.25) is 9.59 Å². The molecule has 0 radical (unpaired) electrons. The number of ketones is 2. The Hall–Kier alpha value is -0.740. The van der Waals surface area contributed by atoms with Crippen LogP contribution in [0.5, 0.6) is 0 Å². The molecule has 0 saturated carbocycles. The molecule has 0 spiro atoms. The van der Waals surface area contributed by atoms with E-state index in [-0.39, 0.29) is 30.8 Å². The molecule has 0 fully saturated rings. The van der Waals surface area contributed by atoms with Crippen LogP contribution in [0.15, 0.2) is 0 Å². The van der Waals surface area contributed by atoms with Gasteiger partial charge in [-0.2, -0.15) is 0 Å². The van der Waals surface area contributed by atoms with Gasteiger partial charge < -0.3 is 10.2 Å². The lowest BCUT2D eigenvalue weighted by Crippen LogP contribution is -2.37. The molecule has 2 unspecified atom stereocenters. The number of Topliss-reactive ketones (excluding diaryl/α,β-unsaturated/α-hetero) is 2. The minimum Gasteiger partial charge on any atom is -0.393 e. The largest absolute Gasteiger partial charge is 0.393 e. The van der Waals surface area contributed by atoms with E-state index < -0.39 is 17.6 Å². The Kier molecular flexibility index (Phi) is 5.83. The van der Waals surface area contributed by atoms with Gasteiger partial charge >= 0.3 is 0 Å². The van der Waals surface area contributed by atoms with Crippen LogP contribution in [0.4, 0.5) is 0 Å². The Morgan fingerprint density at radius 2 is 1.44 bits per heavy atom. The zero-order valence-electron chi connectivity index (χ0n) is 10.5. The topological polar surface area (TPSA) is 74.6 Å². The van der Waals surface area contributed by atoms with E-state index in [0.717, 1.165) is 0 Å². The smallest absolute Gasteiger partial charge is 0.136 e. The number of rotatable bonds is 7. The fourth-order valence-electron chi connectivity index (χ4n) is 2.25. The summed E-state index contributed by atoms with van der Waals surface area (Å²) < 4.78 is 0. The summed E-state index contributed by atoms with van der Waals surface area (Å²) in [5.41, 5.74) is -0.922. The molecule has 0 rings (SSSR count). The quantitative estimate of drug-likeness (QED) is 0.686. The van der Waals surface area contributed by atoms with Gasteiger partial charge in [-0.15, -0.1) is 0 Å². The lowest BCUT2D eigenvalue weighted by molar-refractivity contribution is -0.135. The molecule has 4 heteroatoms. The molecule has 0 aromatic heterocycles. The van der Waals surface area contributed by atoms with E-state index in [1.165, 1.54) is 13.8 Å². The summed E-state index contributed by atoms with van der Waals surface area (Å²) >= 11 is 0. The first-order valence-electron chi connectivity index (χ1n) is 5.56. The van der Waals surface area contributed by atoms with Gasteiger partial charge in [0.1, 0.15) is 11.6 Å². The predicted molar refractivity (Wildman–Crippen MR) is 61.0 cm³/mol. The number of hydrogen-bond acceptors (Lipinski definition) is 4. The molecule has 94 valence electrons. The van der Waals surface area contributed by atoms with Crippen molar-refractivity contribution in [2.24, 2.45) is 5.41 Å². The van der Waals surface area contributed by atoms with Crippen LogP contribution in [0.1, 0.15) is 47.0 Å². The van der Waals surface area contributed by atoms with Gasteiger partial charge in [-0.05, 0) is 40.5 Å². The highest BCUT2D eigenvalue weighted by atomic mass is 16.3. The second kappa shape index (κ2) is 6.11. The normalized spacial score (nSPS) is 18.6. The Morgan fingerprint density at radius 3 is 1.62 bits per heavy atom. The molecule has 0 aromatic rings. The van der Waals surface area contributed by atoms with Crippen molar-refractivity contribution in [3.05, 3.63) is 0 Å². The highest BCUT2D eigenvalue weighted by Crippen LogP contribution is 2.35. The molecule has 4 nitrogen and oxygen atoms in total. The maximum atomic E-state index is 11.7. The molecule has 0 aliphatic rings. The van der Waals surface area contributed by atoms with E-state index >= 15 is 0 Å². The molecule has 0 heterocycles. The van der Waals surface area contributed by atoms with Crippen LogP contribution in [0.2, 0.25) is 0 Å². The van der Waals surface area contributed by atoms with Gasteiger partial charge in [-0.25, -0.2) is 0 Å². The van der Waals surface area contributed by atoms with Crippen LogP contribution in [-0.4, -0.2) is 34.0 Å². The van der Waals surface area contributed by atoms with Crippen molar-refractivity contribution in [1.29, 1.82) is 0 Å². The number of aliphatic hydroxyl groups is 2. The first-order valence-corrected chi connectivity index (χ1v) is 5.56. The van der Waals surface area contributed by atoms with Crippen LogP contribution in [0.25, 0.3) is 0 Å². The summed E-state index contributed by atoms with van der Waals surface area (Å²) in [7, 11) is 0. The van der Waals surface area contributed by atoms with Crippen molar-refractivity contribution in [2.75, 3.05) is 0 Å². The summed E-state index contributed by atoms with van der Waals surface area (Å²) in [5.74, 6) is -0.249. The lowest BCUT2D eigenvalue weighted by atomic mass is 9.71. The van der Waals surface area contributed by atoms with Crippen LogP contribution < -0.4 is 0 Å². The van der Waals surface area contributed by atoms with Crippen molar-refractivity contribution in [2.45, 2.75) is 59.2 Å². The third-order valence-corrected chi connectivity index (χ3v) is 2.71. The van der Waals surface area contributed by atoms with E-state index in [2.05, 4.69) is 0 Å².